The van der Waals surface area contributed by atoms with Gasteiger partial charge in [-0.1, -0.05) is 40.9 Å². The fourth-order valence-electron chi connectivity index (χ4n) is 3.06. The average molecular weight is 589 g/mol. The van der Waals surface area contributed by atoms with E-state index in [0.717, 1.165) is 12.1 Å². The Kier molecular flexibility index (Phi) is 9.48. The first-order chi connectivity index (χ1) is 17.9. The third kappa shape index (κ3) is 7.31. The lowest BCUT2D eigenvalue weighted by molar-refractivity contribution is -0.137. The van der Waals surface area contributed by atoms with E-state index in [2.05, 4.69) is 5.10 Å². The van der Waals surface area contributed by atoms with Gasteiger partial charge in [-0.25, -0.2) is 5.43 Å². The molecular formula is C25H19Cl3F3N3O4. The van der Waals surface area contributed by atoms with E-state index in [0.29, 0.717) is 44.4 Å². The fraction of sp³-hybridized carbons (Fsp3) is 0.160. The van der Waals surface area contributed by atoms with Crippen LogP contribution in [0.15, 0.2) is 59.7 Å². The molecule has 3 aromatic carbocycles. The van der Waals surface area contributed by atoms with Crippen LogP contribution in [0.1, 0.15) is 23.6 Å². The molecule has 0 bridgehead atoms. The van der Waals surface area contributed by atoms with Gasteiger partial charge in [-0.05, 0) is 55.5 Å². The van der Waals surface area contributed by atoms with Crippen molar-refractivity contribution in [3.05, 3.63) is 86.4 Å². The predicted molar refractivity (Wildman–Crippen MR) is 139 cm³/mol. The summed E-state index contributed by atoms with van der Waals surface area (Å²) in [5, 5.41) is 6.63. The summed E-state index contributed by atoms with van der Waals surface area (Å²) in [6.07, 6.45) is -4.66. The molecule has 3 aromatic rings. The van der Waals surface area contributed by atoms with E-state index in [9.17, 15) is 22.8 Å². The van der Waals surface area contributed by atoms with Gasteiger partial charge in [0.15, 0.2) is 11.5 Å². The second kappa shape index (κ2) is 12.4. The van der Waals surface area contributed by atoms with Crippen molar-refractivity contribution in [3.63, 3.8) is 0 Å². The molecule has 0 radical (unpaired) electrons. The van der Waals surface area contributed by atoms with Gasteiger partial charge >= 0.3 is 18.0 Å². The van der Waals surface area contributed by atoms with Crippen LogP contribution in [0.3, 0.4) is 0 Å². The number of rotatable bonds is 7. The Bertz CT molecular complexity index is 1380. The van der Waals surface area contributed by atoms with Gasteiger partial charge in [-0.2, -0.15) is 18.3 Å². The Morgan fingerprint density at radius 1 is 0.921 bits per heavy atom. The van der Waals surface area contributed by atoms with Crippen molar-refractivity contribution in [1.29, 1.82) is 0 Å². The van der Waals surface area contributed by atoms with Crippen molar-refractivity contribution < 1.29 is 32.2 Å². The Hall–Kier alpha value is -3.47. The molecule has 0 fully saturated rings. The summed E-state index contributed by atoms with van der Waals surface area (Å²) in [7, 11) is 1.44. The molecule has 0 heterocycles. The zero-order chi connectivity index (χ0) is 28.0. The van der Waals surface area contributed by atoms with E-state index >= 15 is 0 Å². The highest BCUT2D eigenvalue weighted by Gasteiger charge is 2.31. The number of nitrogens with one attached hydrogen (secondary N) is 2. The number of hydrogen-bond acceptors (Lipinski definition) is 5. The lowest BCUT2D eigenvalue weighted by Gasteiger charge is -2.14. The molecule has 0 saturated heterocycles. The number of halogens is 6. The monoisotopic (exact) mass is 587 g/mol. The van der Waals surface area contributed by atoms with Gasteiger partial charge in [-0.15, -0.1) is 0 Å². The molecule has 0 atom stereocenters. The molecule has 2 amide bonds. The Morgan fingerprint density at radius 2 is 1.61 bits per heavy atom. The highest BCUT2D eigenvalue weighted by molar-refractivity contribution is 6.41. The number of hydrogen-bond donors (Lipinski definition) is 2. The SMILES string of the molecule is COc1cc(C(C)=NNC(=O)C(=O)Nc2cc(C(F)(F)F)ccc2Cl)ccc1OCc1c(Cl)cccc1Cl. The zero-order valence-electron chi connectivity index (χ0n) is 19.8. The lowest BCUT2D eigenvalue weighted by atomic mass is 10.1. The third-order valence-corrected chi connectivity index (χ3v) is 6.13. The van der Waals surface area contributed by atoms with E-state index in [1.807, 2.05) is 10.7 Å². The van der Waals surface area contributed by atoms with Crippen molar-refractivity contribution in [2.24, 2.45) is 5.10 Å². The summed E-state index contributed by atoms with van der Waals surface area (Å²) in [6.45, 7) is 1.64. The molecular weight excluding hydrogens is 570 g/mol. The van der Waals surface area contributed by atoms with Gasteiger partial charge in [0.1, 0.15) is 6.61 Å². The van der Waals surface area contributed by atoms with Crippen LogP contribution in [-0.4, -0.2) is 24.6 Å². The minimum atomic E-state index is -4.66. The molecule has 7 nitrogen and oxygen atoms in total. The van der Waals surface area contributed by atoms with Crippen LogP contribution >= 0.6 is 34.8 Å². The summed E-state index contributed by atoms with van der Waals surface area (Å²) in [5.41, 5.74) is 2.05. The maximum absolute atomic E-state index is 12.9. The lowest BCUT2D eigenvalue weighted by Crippen LogP contribution is -2.33. The first kappa shape index (κ1) is 29.1. The molecule has 0 saturated carbocycles. The molecule has 38 heavy (non-hydrogen) atoms. The summed E-state index contributed by atoms with van der Waals surface area (Å²) in [4.78, 5) is 24.3. The number of alkyl halides is 3. The van der Waals surface area contributed by atoms with E-state index in [-0.39, 0.29) is 17.3 Å². The summed E-state index contributed by atoms with van der Waals surface area (Å²) >= 11 is 18.2. The molecule has 13 heteroatoms. The van der Waals surface area contributed by atoms with Gasteiger partial charge in [0.25, 0.3) is 0 Å². The van der Waals surface area contributed by atoms with Gasteiger partial charge < -0.3 is 14.8 Å². The van der Waals surface area contributed by atoms with Gasteiger partial charge in [0.2, 0.25) is 0 Å². The molecule has 0 spiro atoms. The number of hydrazone groups is 1. The number of carbonyl (C=O) groups excluding carboxylic acids is 2. The van der Waals surface area contributed by atoms with Crippen LogP contribution in [-0.2, 0) is 22.4 Å². The topological polar surface area (TPSA) is 89.0 Å². The second-order valence-corrected chi connectivity index (χ2v) is 8.86. The second-order valence-electron chi connectivity index (χ2n) is 7.64. The fourth-order valence-corrected chi connectivity index (χ4v) is 3.73. The van der Waals surface area contributed by atoms with E-state index in [1.165, 1.54) is 7.11 Å². The van der Waals surface area contributed by atoms with Crippen molar-refractivity contribution in [3.8, 4) is 11.5 Å². The van der Waals surface area contributed by atoms with Gasteiger partial charge in [0.05, 0.1) is 29.1 Å². The third-order valence-electron chi connectivity index (χ3n) is 5.09. The first-order valence-electron chi connectivity index (χ1n) is 10.7. The minimum Gasteiger partial charge on any atom is -0.493 e. The van der Waals surface area contributed by atoms with Crippen LogP contribution in [0, 0.1) is 0 Å². The van der Waals surface area contributed by atoms with E-state index in [4.69, 9.17) is 44.3 Å². The largest absolute Gasteiger partial charge is 0.493 e. The maximum atomic E-state index is 12.9. The van der Waals surface area contributed by atoms with Crippen LogP contribution in [0.2, 0.25) is 15.1 Å². The summed E-state index contributed by atoms with van der Waals surface area (Å²) in [6, 6.07) is 12.3. The number of nitrogens with zero attached hydrogens (tertiary/aromatic N) is 1. The van der Waals surface area contributed by atoms with Crippen molar-refractivity contribution >= 4 is 58.0 Å². The number of amides is 2. The van der Waals surface area contributed by atoms with Crippen LogP contribution < -0.4 is 20.2 Å². The molecule has 0 aliphatic rings. The molecule has 0 aromatic heterocycles. The molecule has 3 rings (SSSR count). The van der Waals surface area contributed by atoms with Crippen molar-refractivity contribution in [1.82, 2.24) is 5.43 Å². The van der Waals surface area contributed by atoms with Crippen LogP contribution in [0.25, 0.3) is 0 Å². The average Bonchev–Trinajstić information content (AvgIpc) is 2.87. The molecule has 200 valence electrons. The number of benzene rings is 3. The van der Waals surface area contributed by atoms with E-state index < -0.39 is 23.6 Å². The predicted octanol–water partition coefficient (Wildman–Crippen LogP) is 6.73. The Balaban J connectivity index is 1.67. The molecule has 0 aliphatic heterocycles. The number of carbonyl (C=O) groups is 2. The molecule has 2 N–H and O–H groups in total. The minimum absolute atomic E-state index is 0.0857. The van der Waals surface area contributed by atoms with Crippen molar-refractivity contribution in [2.75, 3.05) is 12.4 Å². The molecule has 0 unspecified atom stereocenters. The van der Waals surface area contributed by atoms with Gasteiger partial charge in [-0.3, -0.25) is 9.59 Å². The molecule has 0 aliphatic carbocycles. The number of methoxy groups -OCH3 is 1. The summed E-state index contributed by atoms with van der Waals surface area (Å²) < 4.78 is 49.9. The maximum Gasteiger partial charge on any atom is 0.416 e. The van der Waals surface area contributed by atoms with Crippen LogP contribution in [0.5, 0.6) is 11.5 Å². The van der Waals surface area contributed by atoms with Crippen molar-refractivity contribution in [2.45, 2.75) is 19.7 Å². The highest BCUT2D eigenvalue weighted by atomic mass is 35.5. The smallest absolute Gasteiger partial charge is 0.416 e. The first-order valence-corrected chi connectivity index (χ1v) is 11.8. The van der Waals surface area contributed by atoms with Gasteiger partial charge in [0, 0.05) is 21.2 Å². The zero-order valence-corrected chi connectivity index (χ0v) is 22.0. The number of anilines is 1. The standard InChI is InChI=1S/C25H19Cl3F3N3O4/c1-13(33-34-24(36)23(35)32-20-11-15(25(29,30)31)7-8-19(20)28)14-6-9-21(22(10-14)37-2)38-12-16-17(26)4-3-5-18(16)27/h3-11H,12H2,1-2H3,(H,32,35)(H,34,36). The Labute approximate surface area is 230 Å². The quantitative estimate of drug-likeness (QED) is 0.182. The van der Waals surface area contributed by atoms with Crippen LogP contribution in [0.4, 0.5) is 18.9 Å². The Morgan fingerprint density at radius 3 is 2.24 bits per heavy atom. The van der Waals surface area contributed by atoms with E-state index in [1.54, 1.807) is 43.3 Å². The highest BCUT2D eigenvalue weighted by Crippen LogP contribution is 2.34. The summed E-state index contributed by atoms with van der Waals surface area (Å²) in [5.74, 6) is -1.74. The number of ether oxygens (including phenoxy) is 2. The normalized spacial score (nSPS) is 11.6.